The van der Waals surface area contributed by atoms with Gasteiger partial charge in [0.1, 0.15) is 11.9 Å². The molecule has 2 rings (SSSR count). The number of primary amides is 1. The summed E-state index contributed by atoms with van der Waals surface area (Å²) in [6.45, 7) is 0. The van der Waals surface area contributed by atoms with Crippen LogP contribution in [-0.4, -0.2) is 17.9 Å². The van der Waals surface area contributed by atoms with Gasteiger partial charge in [0.2, 0.25) is 5.91 Å². The number of alkyl halides is 3. The first kappa shape index (κ1) is 18.4. The molecule has 3 N–H and O–H groups in total. The molecule has 0 fully saturated rings. The van der Waals surface area contributed by atoms with Crippen LogP contribution in [0.2, 0.25) is 0 Å². The third-order valence-electron chi connectivity index (χ3n) is 3.45. The van der Waals surface area contributed by atoms with Crippen LogP contribution in [0.3, 0.4) is 0 Å². The van der Waals surface area contributed by atoms with E-state index < -0.39 is 35.4 Å². The Hall–Kier alpha value is -2.90. The average Bonchev–Trinajstić information content (AvgIpc) is 2.53. The summed E-state index contributed by atoms with van der Waals surface area (Å²) in [6, 6.07) is 7.82. The summed E-state index contributed by atoms with van der Waals surface area (Å²) in [4.78, 5) is 23.6. The second kappa shape index (κ2) is 7.33. The van der Waals surface area contributed by atoms with Crippen LogP contribution >= 0.6 is 0 Å². The summed E-state index contributed by atoms with van der Waals surface area (Å²) in [5.41, 5.74) is 4.73. The first-order valence-electron chi connectivity index (χ1n) is 7.18. The maximum absolute atomic E-state index is 13.2. The predicted octanol–water partition coefficient (Wildman–Crippen LogP) is 2.67. The monoisotopic (exact) mass is 354 g/mol. The summed E-state index contributed by atoms with van der Waals surface area (Å²) in [5.74, 6) is -2.10. The van der Waals surface area contributed by atoms with E-state index in [1.807, 2.05) is 0 Å². The molecule has 2 aromatic rings. The highest BCUT2D eigenvalue weighted by Crippen LogP contribution is 2.29. The summed E-state index contributed by atoms with van der Waals surface area (Å²) >= 11 is 0. The lowest BCUT2D eigenvalue weighted by Gasteiger charge is -2.16. The van der Waals surface area contributed by atoms with E-state index in [1.54, 1.807) is 6.07 Å². The number of nitrogens with one attached hydrogen (secondary N) is 1. The van der Waals surface area contributed by atoms with Crippen molar-refractivity contribution in [1.29, 1.82) is 0 Å². The van der Waals surface area contributed by atoms with E-state index in [0.717, 1.165) is 24.3 Å². The Bertz CT molecular complexity index is 773. The number of benzene rings is 2. The molecule has 1 atom stereocenters. The van der Waals surface area contributed by atoms with Crippen LogP contribution in [0.25, 0.3) is 0 Å². The molecule has 132 valence electrons. The molecule has 0 spiro atoms. The summed E-state index contributed by atoms with van der Waals surface area (Å²) < 4.78 is 50.7. The number of halogens is 4. The third kappa shape index (κ3) is 5.03. The molecule has 8 heteroatoms. The van der Waals surface area contributed by atoms with E-state index in [2.05, 4.69) is 5.32 Å². The second-order valence-electron chi connectivity index (χ2n) is 5.34. The molecule has 0 aromatic heterocycles. The Kier molecular flexibility index (Phi) is 5.41. The molecule has 4 nitrogen and oxygen atoms in total. The van der Waals surface area contributed by atoms with Gasteiger partial charge in [-0.3, -0.25) is 9.59 Å². The van der Waals surface area contributed by atoms with Gasteiger partial charge in [-0.05, 0) is 42.0 Å². The van der Waals surface area contributed by atoms with Gasteiger partial charge in [-0.15, -0.1) is 0 Å². The Labute approximate surface area is 140 Å². The molecule has 2 amide bonds. The fraction of sp³-hybridized carbons (Fsp3) is 0.176. The quantitative estimate of drug-likeness (QED) is 0.811. The highest BCUT2D eigenvalue weighted by atomic mass is 19.4. The zero-order valence-electron chi connectivity index (χ0n) is 12.8. The zero-order valence-corrected chi connectivity index (χ0v) is 12.8. The minimum absolute atomic E-state index is 0.0422. The number of carbonyl (C=O) groups is 2. The first-order chi connectivity index (χ1) is 11.7. The highest BCUT2D eigenvalue weighted by Gasteiger charge is 2.30. The van der Waals surface area contributed by atoms with Crippen molar-refractivity contribution in [3.05, 3.63) is 71.0 Å². The van der Waals surface area contributed by atoms with Crippen LogP contribution in [-0.2, 0) is 17.4 Å². The maximum atomic E-state index is 13.2. The van der Waals surface area contributed by atoms with Crippen LogP contribution in [0.1, 0.15) is 21.5 Å². The van der Waals surface area contributed by atoms with Crippen LogP contribution in [0.4, 0.5) is 17.6 Å². The topological polar surface area (TPSA) is 72.2 Å². The smallest absolute Gasteiger partial charge is 0.368 e. The van der Waals surface area contributed by atoms with Crippen molar-refractivity contribution in [3.63, 3.8) is 0 Å². The molecule has 2 aromatic carbocycles. The highest BCUT2D eigenvalue weighted by molar-refractivity contribution is 5.97. The van der Waals surface area contributed by atoms with Crippen molar-refractivity contribution < 1.29 is 27.2 Å². The van der Waals surface area contributed by atoms with Crippen molar-refractivity contribution in [1.82, 2.24) is 5.32 Å². The lowest BCUT2D eigenvalue weighted by Crippen LogP contribution is -2.45. The SMILES string of the molecule is NC(=O)[C@H](Cc1cccc(F)c1)NC(=O)c1ccc(C(F)(F)F)cc1. The number of nitrogens with two attached hydrogens (primary N) is 1. The molecule has 0 unspecified atom stereocenters. The Morgan fingerprint density at radius 3 is 2.24 bits per heavy atom. The number of amides is 2. The standard InChI is InChI=1S/C17H14F4N2O2/c18-13-3-1-2-10(8-13)9-14(15(22)24)23-16(25)11-4-6-12(7-5-11)17(19,20)21/h1-8,14H,9H2,(H2,22,24)(H,23,25)/t14-/m0/s1. The van der Waals surface area contributed by atoms with Crippen molar-refractivity contribution >= 4 is 11.8 Å². The van der Waals surface area contributed by atoms with Crippen molar-refractivity contribution in [2.45, 2.75) is 18.6 Å². The summed E-state index contributed by atoms with van der Waals surface area (Å²) in [7, 11) is 0. The van der Waals surface area contributed by atoms with E-state index in [4.69, 9.17) is 5.73 Å². The molecular weight excluding hydrogens is 340 g/mol. The van der Waals surface area contributed by atoms with E-state index in [9.17, 15) is 27.2 Å². The molecular formula is C17H14F4N2O2. The van der Waals surface area contributed by atoms with E-state index >= 15 is 0 Å². The van der Waals surface area contributed by atoms with Gasteiger partial charge in [-0.1, -0.05) is 12.1 Å². The maximum Gasteiger partial charge on any atom is 0.416 e. The zero-order chi connectivity index (χ0) is 18.6. The van der Waals surface area contributed by atoms with Gasteiger partial charge in [0.05, 0.1) is 5.56 Å². The van der Waals surface area contributed by atoms with Crippen molar-refractivity contribution in [2.75, 3.05) is 0 Å². The molecule has 0 heterocycles. The van der Waals surface area contributed by atoms with Crippen LogP contribution in [0.15, 0.2) is 48.5 Å². The number of hydrogen-bond donors (Lipinski definition) is 2. The lowest BCUT2D eigenvalue weighted by atomic mass is 10.0. The number of rotatable bonds is 5. The molecule has 0 saturated carbocycles. The van der Waals surface area contributed by atoms with E-state index in [-0.39, 0.29) is 12.0 Å². The molecule has 0 aliphatic carbocycles. The van der Waals surface area contributed by atoms with E-state index in [0.29, 0.717) is 5.56 Å². The molecule has 0 aliphatic heterocycles. The van der Waals surface area contributed by atoms with Crippen molar-refractivity contribution in [2.24, 2.45) is 5.73 Å². The first-order valence-corrected chi connectivity index (χ1v) is 7.18. The van der Waals surface area contributed by atoms with Gasteiger partial charge >= 0.3 is 6.18 Å². The molecule has 0 saturated heterocycles. The van der Waals surface area contributed by atoms with Gasteiger partial charge in [-0.25, -0.2) is 4.39 Å². The molecule has 25 heavy (non-hydrogen) atoms. The number of hydrogen-bond acceptors (Lipinski definition) is 2. The normalized spacial score (nSPS) is 12.5. The van der Waals surface area contributed by atoms with Crippen molar-refractivity contribution in [3.8, 4) is 0 Å². The summed E-state index contributed by atoms with van der Waals surface area (Å²) in [6.07, 6.45) is -4.55. The largest absolute Gasteiger partial charge is 0.416 e. The van der Waals surface area contributed by atoms with Gasteiger partial charge in [0.15, 0.2) is 0 Å². The second-order valence-corrected chi connectivity index (χ2v) is 5.34. The minimum Gasteiger partial charge on any atom is -0.368 e. The predicted molar refractivity (Wildman–Crippen MR) is 82.0 cm³/mol. The fourth-order valence-electron chi connectivity index (χ4n) is 2.17. The Morgan fingerprint density at radius 2 is 1.72 bits per heavy atom. The van der Waals surface area contributed by atoms with Gasteiger partial charge in [0, 0.05) is 12.0 Å². The molecule has 0 bridgehead atoms. The minimum atomic E-state index is -4.51. The molecule has 0 radical (unpaired) electrons. The Balaban J connectivity index is 2.11. The van der Waals surface area contributed by atoms with Gasteiger partial charge in [0.25, 0.3) is 5.91 Å². The van der Waals surface area contributed by atoms with Crippen LogP contribution < -0.4 is 11.1 Å². The fourth-order valence-corrected chi connectivity index (χ4v) is 2.17. The van der Waals surface area contributed by atoms with Gasteiger partial charge < -0.3 is 11.1 Å². The van der Waals surface area contributed by atoms with Crippen LogP contribution in [0.5, 0.6) is 0 Å². The average molecular weight is 354 g/mol. The third-order valence-corrected chi connectivity index (χ3v) is 3.45. The van der Waals surface area contributed by atoms with Crippen LogP contribution in [0, 0.1) is 5.82 Å². The van der Waals surface area contributed by atoms with Gasteiger partial charge in [-0.2, -0.15) is 13.2 Å². The molecule has 0 aliphatic rings. The van der Waals surface area contributed by atoms with E-state index in [1.165, 1.54) is 18.2 Å². The Morgan fingerprint density at radius 1 is 1.08 bits per heavy atom. The number of carbonyl (C=O) groups excluding carboxylic acids is 2. The summed E-state index contributed by atoms with van der Waals surface area (Å²) in [5, 5.41) is 2.34. The lowest BCUT2D eigenvalue weighted by molar-refractivity contribution is -0.137.